The molecule has 5 nitrogen and oxygen atoms in total. The standard InChI is InChI=1S/C17H17NO4/c19-16(22-10-13-9-17(13)5-6-17)7-12-2-1-11-3-4-14(18(20)21)8-15(11)12/h3-4,7-8,13H,1-2,5-6,9-10H2/b12-7+. The Bertz CT molecular complexity index is 703. The van der Waals surface area contributed by atoms with E-state index in [9.17, 15) is 14.9 Å². The molecular formula is C17H17NO4. The van der Waals surface area contributed by atoms with E-state index in [1.54, 1.807) is 12.1 Å². The number of esters is 1. The van der Waals surface area contributed by atoms with Crippen LogP contribution in [0.2, 0.25) is 0 Å². The Morgan fingerprint density at radius 1 is 1.41 bits per heavy atom. The molecule has 0 amide bonds. The van der Waals surface area contributed by atoms with E-state index in [-0.39, 0.29) is 11.7 Å². The minimum absolute atomic E-state index is 0.0635. The molecule has 0 saturated heterocycles. The molecule has 22 heavy (non-hydrogen) atoms. The van der Waals surface area contributed by atoms with Gasteiger partial charge in [0.2, 0.25) is 0 Å². The molecule has 2 fully saturated rings. The molecule has 1 spiro atoms. The topological polar surface area (TPSA) is 69.4 Å². The van der Waals surface area contributed by atoms with Gasteiger partial charge in [0.05, 0.1) is 11.5 Å². The van der Waals surface area contributed by atoms with E-state index in [0.717, 1.165) is 29.5 Å². The van der Waals surface area contributed by atoms with Crippen molar-refractivity contribution in [3.8, 4) is 0 Å². The minimum atomic E-state index is -0.406. The summed E-state index contributed by atoms with van der Waals surface area (Å²) < 4.78 is 5.35. The zero-order chi connectivity index (χ0) is 15.3. The van der Waals surface area contributed by atoms with E-state index < -0.39 is 4.92 Å². The molecule has 1 aromatic carbocycles. The lowest BCUT2D eigenvalue weighted by Crippen LogP contribution is -2.05. The van der Waals surface area contributed by atoms with Crippen LogP contribution in [0.4, 0.5) is 5.69 Å². The van der Waals surface area contributed by atoms with Crippen molar-refractivity contribution >= 4 is 17.2 Å². The summed E-state index contributed by atoms with van der Waals surface area (Å²) in [5, 5.41) is 10.9. The van der Waals surface area contributed by atoms with Crippen molar-refractivity contribution in [3.63, 3.8) is 0 Å². The number of nitrogens with zero attached hydrogens (tertiary/aromatic N) is 1. The Hall–Kier alpha value is -2.17. The molecule has 114 valence electrons. The number of carbonyl (C=O) groups excluding carboxylic acids is 1. The van der Waals surface area contributed by atoms with Gasteiger partial charge in [-0.15, -0.1) is 0 Å². The van der Waals surface area contributed by atoms with Gasteiger partial charge in [0, 0.05) is 18.2 Å². The summed E-state index contributed by atoms with van der Waals surface area (Å²) >= 11 is 0. The number of rotatable bonds is 4. The van der Waals surface area contributed by atoms with Crippen molar-refractivity contribution in [3.05, 3.63) is 45.5 Å². The van der Waals surface area contributed by atoms with Crippen molar-refractivity contribution in [2.45, 2.75) is 32.1 Å². The quantitative estimate of drug-likeness (QED) is 0.370. The fourth-order valence-electron chi connectivity index (χ4n) is 3.56. The number of nitro groups is 1. The van der Waals surface area contributed by atoms with Crippen LogP contribution in [0.15, 0.2) is 24.3 Å². The number of fused-ring (bicyclic) bond motifs is 1. The third kappa shape index (κ3) is 2.30. The number of carbonyl (C=O) groups is 1. The van der Waals surface area contributed by atoms with E-state index in [4.69, 9.17) is 4.74 Å². The van der Waals surface area contributed by atoms with Gasteiger partial charge in [-0.05, 0) is 60.1 Å². The van der Waals surface area contributed by atoms with Crippen LogP contribution in [0.3, 0.4) is 0 Å². The number of allylic oxidation sites excluding steroid dienone is 1. The molecule has 2 saturated carbocycles. The van der Waals surface area contributed by atoms with Gasteiger partial charge in [-0.3, -0.25) is 10.1 Å². The number of benzene rings is 1. The van der Waals surface area contributed by atoms with Crippen LogP contribution in [-0.2, 0) is 16.0 Å². The minimum Gasteiger partial charge on any atom is -0.462 e. The van der Waals surface area contributed by atoms with E-state index in [1.807, 2.05) is 0 Å². The first-order valence-corrected chi connectivity index (χ1v) is 7.72. The monoisotopic (exact) mass is 299 g/mol. The van der Waals surface area contributed by atoms with Gasteiger partial charge in [-0.2, -0.15) is 0 Å². The maximum absolute atomic E-state index is 12.0. The molecule has 0 radical (unpaired) electrons. The van der Waals surface area contributed by atoms with E-state index in [2.05, 4.69) is 0 Å². The zero-order valence-corrected chi connectivity index (χ0v) is 12.2. The highest BCUT2D eigenvalue weighted by Gasteiger charge is 2.62. The van der Waals surface area contributed by atoms with Gasteiger partial charge in [-0.1, -0.05) is 6.07 Å². The molecule has 1 unspecified atom stereocenters. The lowest BCUT2D eigenvalue weighted by molar-refractivity contribution is -0.384. The van der Waals surface area contributed by atoms with Gasteiger partial charge in [0.25, 0.3) is 5.69 Å². The van der Waals surface area contributed by atoms with Gasteiger partial charge < -0.3 is 4.74 Å². The molecule has 0 aromatic heterocycles. The summed E-state index contributed by atoms with van der Waals surface area (Å²) in [6, 6.07) is 4.85. The lowest BCUT2D eigenvalue weighted by atomic mass is 10.1. The number of non-ortho nitro benzene ring substituents is 1. The molecule has 1 atom stereocenters. The van der Waals surface area contributed by atoms with Crippen LogP contribution in [0, 0.1) is 21.4 Å². The molecule has 5 heteroatoms. The zero-order valence-electron chi connectivity index (χ0n) is 12.2. The molecule has 0 aliphatic heterocycles. The average molecular weight is 299 g/mol. The Morgan fingerprint density at radius 2 is 2.23 bits per heavy atom. The van der Waals surface area contributed by atoms with E-state index in [0.29, 0.717) is 17.9 Å². The van der Waals surface area contributed by atoms with Crippen LogP contribution in [0.5, 0.6) is 0 Å². The third-order valence-electron chi connectivity index (χ3n) is 5.28. The van der Waals surface area contributed by atoms with Gasteiger partial charge in [-0.25, -0.2) is 4.79 Å². The summed E-state index contributed by atoms with van der Waals surface area (Å²) in [7, 11) is 0. The first kappa shape index (κ1) is 13.5. The summed E-state index contributed by atoms with van der Waals surface area (Å²) in [4.78, 5) is 22.4. The van der Waals surface area contributed by atoms with E-state index >= 15 is 0 Å². The molecule has 3 aliphatic rings. The first-order valence-electron chi connectivity index (χ1n) is 7.72. The fourth-order valence-corrected chi connectivity index (χ4v) is 3.56. The highest BCUT2D eigenvalue weighted by atomic mass is 16.6. The molecule has 3 aliphatic carbocycles. The van der Waals surface area contributed by atoms with Gasteiger partial charge in [0.15, 0.2) is 0 Å². The Labute approximate surface area is 128 Å². The maximum atomic E-state index is 12.0. The number of hydrogen-bond donors (Lipinski definition) is 0. The SMILES string of the molecule is O=C(/C=C1\CCc2ccc([N+](=O)[O-])cc21)OCC1CC12CC2. The molecule has 1 aromatic rings. The van der Waals surface area contributed by atoms with Crippen molar-refractivity contribution in [1.82, 2.24) is 0 Å². The summed E-state index contributed by atoms with van der Waals surface area (Å²) in [6.45, 7) is 0.518. The molecule has 0 N–H and O–H groups in total. The number of ether oxygens (including phenoxy) is 1. The van der Waals surface area contributed by atoms with Gasteiger partial charge >= 0.3 is 5.97 Å². The predicted molar refractivity (Wildman–Crippen MR) is 80.1 cm³/mol. The second-order valence-corrected chi connectivity index (χ2v) is 6.66. The van der Waals surface area contributed by atoms with Crippen LogP contribution in [-0.4, -0.2) is 17.5 Å². The van der Waals surface area contributed by atoms with Crippen molar-refractivity contribution in [2.75, 3.05) is 6.61 Å². The fraction of sp³-hybridized carbons (Fsp3) is 0.471. The largest absolute Gasteiger partial charge is 0.462 e. The van der Waals surface area contributed by atoms with Crippen LogP contribution in [0.1, 0.15) is 36.8 Å². The van der Waals surface area contributed by atoms with E-state index in [1.165, 1.54) is 31.4 Å². The molecule has 0 heterocycles. The third-order valence-corrected chi connectivity index (χ3v) is 5.28. The first-order chi connectivity index (χ1) is 10.6. The van der Waals surface area contributed by atoms with Crippen molar-refractivity contribution in [2.24, 2.45) is 11.3 Å². The normalized spacial score (nSPS) is 25.1. The second kappa shape index (κ2) is 4.66. The number of nitro benzene ring substituents is 1. The number of aryl methyl sites for hydroxylation is 1. The molecule has 4 rings (SSSR count). The summed E-state index contributed by atoms with van der Waals surface area (Å²) in [5.41, 5.74) is 3.32. The molecule has 0 bridgehead atoms. The Morgan fingerprint density at radius 3 is 2.91 bits per heavy atom. The summed E-state index contributed by atoms with van der Waals surface area (Å²) in [5.74, 6) is 0.240. The predicted octanol–water partition coefficient (Wildman–Crippen LogP) is 3.27. The van der Waals surface area contributed by atoms with Crippen LogP contribution in [0.25, 0.3) is 5.57 Å². The maximum Gasteiger partial charge on any atom is 0.331 e. The highest BCUT2D eigenvalue weighted by Crippen LogP contribution is 2.70. The lowest BCUT2D eigenvalue weighted by Gasteiger charge is -2.03. The summed E-state index contributed by atoms with van der Waals surface area (Å²) in [6.07, 6.45) is 6.83. The smallest absolute Gasteiger partial charge is 0.331 e. The Kier molecular flexibility index (Phi) is 2.86. The van der Waals surface area contributed by atoms with Crippen molar-refractivity contribution in [1.29, 1.82) is 0 Å². The number of hydrogen-bond acceptors (Lipinski definition) is 4. The highest BCUT2D eigenvalue weighted by molar-refractivity contribution is 5.93. The van der Waals surface area contributed by atoms with Crippen molar-refractivity contribution < 1.29 is 14.5 Å². The second-order valence-electron chi connectivity index (χ2n) is 6.66. The van der Waals surface area contributed by atoms with Gasteiger partial charge in [0.1, 0.15) is 0 Å². The van der Waals surface area contributed by atoms with Crippen LogP contribution >= 0.6 is 0 Å². The Balaban J connectivity index is 1.45. The average Bonchev–Trinajstić information content (AvgIpc) is 3.39. The van der Waals surface area contributed by atoms with Crippen LogP contribution < -0.4 is 0 Å². The molecular weight excluding hydrogens is 282 g/mol.